The van der Waals surface area contributed by atoms with Crippen LogP contribution in [0.3, 0.4) is 0 Å². The number of carbonyl (C=O) groups is 1. The minimum atomic E-state index is -3.85. The molecule has 140 valence electrons. The fourth-order valence-corrected chi connectivity index (χ4v) is 4.93. The molecule has 3 rings (SSSR count). The minimum absolute atomic E-state index is 0.00319. The molecule has 2 heterocycles. The summed E-state index contributed by atoms with van der Waals surface area (Å²) < 4.78 is 24.1. The van der Waals surface area contributed by atoms with E-state index >= 15 is 0 Å². The number of benzene rings is 1. The first-order valence-electron chi connectivity index (χ1n) is 8.13. The maximum absolute atomic E-state index is 12.7. The zero-order valence-corrected chi connectivity index (χ0v) is 16.7. The molecule has 1 fully saturated rings. The van der Waals surface area contributed by atoms with Gasteiger partial charge in [-0.05, 0) is 36.8 Å². The Hall–Kier alpha value is -1.45. The lowest BCUT2D eigenvalue weighted by atomic mass is 10.1. The quantitative estimate of drug-likeness (QED) is 0.833. The summed E-state index contributed by atoms with van der Waals surface area (Å²) >= 11 is 7.53. The number of halogens is 1. The summed E-state index contributed by atoms with van der Waals surface area (Å²) in [5.41, 5.74) is 0.876. The Labute approximate surface area is 162 Å². The van der Waals surface area contributed by atoms with Crippen LogP contribution in [-0.4, -0.2) is 50.3 Å². The molecular formula is C17H20ClN3O3S2. The minimum Gasteiger partial charge on any atom is -0.336 e. The first kappa shape index (κ1) is 19.3. The zero-order valence-electron chi connectivity index (χ0n) is 14.3. The molecule has 0 spiro atoms. The van der Waals surface area contributed by atoms with Crippen LogP contribution in [0.5, 0.6) is 0 Å². The second kappa shape index (κ2) is 7.66. The lowest BCUT2D eigenvalue weighted by Gasteiger charge is -2.34. The maximum Gasteiger partial charge on any atom is 0.253 e. The van der Waals surface area contributed by atoms with Crippen molar-refractivity contribution in [2.45, 2.75) is 18.4 Å². The number of sulfonamides is 1. The summed E-state index contributed by atoms with van der Waals surface area (Å²) in [6.07, 6.45) is 0. The molecule has 2 N–H and O–H groups in total. The number of thiophene rings is 1. The molecule has 0 bridgehead atoms. The molecule has 0 aliphatic carbocycles. The Morgan fingerprint density at radius 1 is 1.19 bits per heavy atom. The smallest absolute Gasteiger partial charge is 0.253 e. The van der Waals surface area contributed by atoms with Crippen LogP contribution in [0.25, 0.3) is 0 Å². The van der Waals surface area contributed by atoms with Gasteiger partial charge in [0.05, 0.1) is 9.23 Å². The van der Waals surface area contributed by atoms with E-state index in [-0.39, 0.29) is 10.8 Å². The Bertz CT molecular complexity index is 919. The first-order chi connectivity index (χ1) is 12.2. The molecule has 0 radical (unpaired) electrons. The van der Waals surface area contributed by atoms with Gasteiger partial charge in [-0.15, -0.1) is 11.3 Å². The highest BCUT2D eigenvalue weighted by atomic mass is 35.5. The normalized spacial score (nSPS) is 16.0. The second-order valence-corrected chi connectivity index (χ2v) is 9.63. The topological polar surface area (TPSA) is 83.7 Å². The van der Waals surface area contributed by atoms with Crippen molar-refractivity contribution in [1.29, 1.82) is 0 Å². The lowest BCUT2D eigenvalue weighted by Crippen LogP contribution is -2.48. The van der Waals surface area contributed by atoms with Gasteiger partial charge in [0.25, 0.3) is 5.91 Å². The van der Waals surface area contributed by atoms with Crippen molar-refractivity contribution in [2.24, 2.45) is 5.14 Å². The van der Waals surface area contributed by atoms with Gasteiger partial charge in [-0.1, -0.05) is 17.7 Å². The summed E-state index contributed by atoms with van der Waals surface area (Å²) in [5.74, 6) is -0.172. The van der Waals surface area contributed by atoms with Crippen LogP contribution < -0.4 is 5.14 Å². The number of amides is 1. The van der Waals surface area contributed by atoms with Gasteiger partial charge in [-0.3, -0.25) is 9.69 Å². The third-order valence-electron chi connectivity index (χ3n) is 4.41. The number of aryl methyl sites for hydroxylation is 1. The van der Waals surface area contributed by atoms with E-state index in [1.165, 1.54) is 10.9 Å². The molecule has 0 atom stereocenters. The molecule has 1 aromatic carbocycles. The van der Waals surface area contributed by atoms with E-state index in [2.05, 4.69) is 4.90 Å². The molecule has 6 nitrogen and oxygen atoms in total. The van der Waals surface area contributed by atoms with Crippen molar-refractivity contribution in [3.05, 3.63) is 50.7 Å². The standard InChI is InChI=1S/C17H20ClN3O3S2/c1-12-2-3-13(10-15(12)26(19,23)24)17(22)21-8-6-20(7-9-21)11-14-4-5-16(18)25-14/h2-5,10H,6-9,11H2,1H3,(H2,19,23,24). The van der Waals surface area contributed by atoms with E-state index in [4.69, 9.17) is 16.7 Å². The van der Waals surface area contributed by atoms with Crippen LogP contribution in [0.15, 0.2) is 35.2 Å². The lowest BCUT2D eigenvalue weighted by molar-refractivity contribution is 0.0629. The van der Waals surface area contributed by atoms with Crippen molar-refractivity contribution < 1.29 is 13.2 Å². The van der Waals surface area contributed by atoms with Gasteiger partial charge in [0.1, 0.15) is 0 Å². The SMILES string of the molecule is Cc1ccc(C(=O)N2CCN(Cc3ccc(Cl)s3)CC2)cc1S(N)(=O)=O. The number of piperazine rings is 1. The monoisotopic (exact) mass is 413 g/mol. The number of nitrogens with zero attached hydrogens (tertiary/aromatic N) is 2. The maximum atomic E-state index is 12.7. The Balaban J connectivity index is 1.65. The van der Waals surface area contributed by atoms with Crippen molar-refractivity contribution >= 4 is 38.9 Å². The number of nitrogens with two attached hydrogens (primary N) is 1. The van der Waals surface area contributed by atoms with Gasteiger partial charge in [-0.25, -0.2) is 13.6 Å². The van der Waals surface area contributed by atoms with E-state index in [0.29, 0.717) is 24.2 Å². The average molecular weight is 414 g/mol. The van der Waals surface area contributed by atoms with E-state index in [0.717, 1.165) is 24.0 Å². The molecule has 26 heavy (non-hydrogen) atoms. The number of primary sulfonamides is 1. The van der Waals surface area contributed by atoms with Crippen molar-refractivity contribution in [3.63, 3.8) is 0 Å². The fraction of sp³-hybridized carbons (Fsp3) is 0.353. The van der Waals surface area contributed by atoms with Crippen LogP contribution in [0.4, 0.5) is 0 Å². The predicted octanol–water partition coefficient (Wildman–Crippen LogP) is 2.32. The van der Waals surface area contributed by atoms with Gasteiger partial charge < -0.3 is 4.90 Å². The number of hydrogen-bond donors (Lipinski definition) is 1. The van der Waals surface area contributed by atoms with Crippen LogP contribution in [0.2, 0.25) is 4.34 Å². The van der Waals surface area contributed by atoms with Crippen LogP contribution >= 0.6 is 22.9 Å². The summed E-state index contributed by atoms with van der Waals surface area (Å²) in [5, 5.41) is 5.23. The van der Waals surface area contributed by atoms with Crippen LogP contribution in [-0.2, 0) is 16.6 Å². The van der Waals surface area contributed by atoms with Crippen molar-refractivity contribution in [1.82, 2.24) is 9.80 Å². The molecule has 1 saturated heterocycles. The molecule has 9 heteroatoms. The average Bonchev–Trinajstić information content (AvgIpc) is 2.99. The van der Waals surface area contributed by atoms with Gasteiger partial charge >= 0.3 is 0 Å². The highest BCUT2D eigenvalue weighted by Gasteiger charge is 2.24. The molecule has 2 aromatic rings. The zero-order chi connectivity index (χ0) is 18.9. The molecule has 1 aliphatic heterocycles. The number of carbonyl (C=O) groups excluding carboxylic acids is 1. The largest absolute Gasteiger partial charge is 0.336 e. The van der Waals surface area contributed by atoms with E-state index in [9.17, 15) is 13.2 Å². The Morgan fingerprint density at radius 2 is 1.88 bits per heavy atom. The van der Waals surface area contributed by atoms with Crippen molar-refractivity contribution in [3.8, 4) is 0 Å². The molecule has 1 amide bonds. The van der Waals surface area contributed by atoms with E-state index in [1.807, 2.05) is 12.1 Å². The highest BCUT2D eigenvalue weighted by molar-refractivity contribution is 7.89. The Kier molecular flexibility index (Phi) is 5.69. The first-order valence-corrected chi connectivity index (χ1v) is 10.9. The Morgan fingerprint density at radius 3 is 2.46 bits per heavy atom. The predicted molar refractivity (Wildman–Crippen MR) is 103 cm³/mol. The third kappa shape index (κ3) is 4.44. The van der Waals surface area contributed by atoms with Gasteiger partial charge in [0.15, 0.2) is 0 Å². The summed E-state index contributed by atoms with van der Waals surface area (Å²) in [6, 6.07) is 8.54. The molecular weight excluding hydrogens is 394 g/mol. The third-order valence-corrected chi connectivity index (χ3v) is 6.68. The van der Waals surface area contributed by atoms with Crippen LogP contribution in [0, 0.1) is 6.92 Å². The van der Waals surface area contributed by atoms with Crippen LogP contribution in [0.1, 0.15) is 20.8 Å². The van der Waals surface area contributed by atoms with E-state index < -0.39 is 10.0 Å². The number of rotatable bonds is 4. The molecule has 0 saturated carbocycles. The van der Waals surface area contributed by atoms with Crippen molar-refractivity contribution in [2.75, 3.05) is 26.2 Å². The number of hydrogen-bond acceptors (Lipinski definition) is 5. The molecule has 0 unspecified atom stereocenters. The summed E-state index contributed by atoms with van der Waals surface area (Å²) in [6.45, 7) is 5.18. The second-order valence-electron chi connectivity index (χ2n) is 6.30. The van der Waals surface area contributed by atoms with Gasteiger partial charge in [-0.2, -0.15) is 0 Å². The molecule has 1 aromatic heterocycles. The summed E-state index contributed by atoms with van der Waals surface area (Å²) in [7, 11) is -3.85. The fourth-order valence-electron chi connectivity index (χ4n) is 2.99. The van der Waals surface area contributed by atoms with E-state index in [1.54, 1.807) is 35.3 Å². The molecule has 1 aliphatic rings. The van der Waals surface area contributed by atoms with Gasteiger partial charge in [0, 0.05) is 43.2 Å². The summed E-state index contributed by atoms with van der Waals surface area (Å²) in [4.78, 5) is 17.9. The highest BCUT2D eigenvalue weighted by Crippen LogP contribution is 2.23. The van der Waals surface area contributed by atoms with Gasteiger partial charge in [0.2, 0.25) is 10.0 Å².